The number of nitrogens with one attached hydrogen (secondary N) is 1. The van der Waals surface area contributed by atoms with E-state index >= 15 is 0 Å². The van der Waals surface area contributed by atoms with E-state index < -0.39 is 5.54 Å². The molecule has 0 radical (unpaired) electrons. The fraction of sp³-hybridized carbons (Fsp3) is 0.933. The van der Waals surface area contributed by atoms with Crippen molar-refractivity contribution in [1.82, 2.24) is 5.32 Å². The predicted molar refractivity (Wildman–Crippen MR) is 76.2 cm³/mol. The molecule has 1 saturated carbocycles. The van der Waals surface area contributed by atoms with Crippen LogP contribution in [0.25, 0.3) is 0 Å². The topological polar surface area (TPSA) is 47.6 Å². The molecule has 4 heteroatoms. The first-order chi connectivity index (χ1) is 9.18. The van der Waals surface area contributed by atoms with Crippen LogP contribution in [0.3, 0.4) is 0 Å². The molecule has 0 amide bonds. The maximum Gasteiger partial charge on any atom is 0.326 e. The molecule has 1 rings (SSSR count). The van der Waals surface area contributed by atoms with Gasteiger partial charge in [-0.1, -0.05) is 26.7 Å². The summed E-state index contributed by atoms with van der Waals surface area (Å²) in [6.45, 7) is 5.94. The Bertz CT molecular complexity index is 270. The second-order valence-corrected chi connectivity index (χ2v) is 5.44. The summed E-state index contributed by atoms with van der Waals surface area (Å²) in [6.07, 6.45) is 7.24. The number of esters is 1. The minimum absolute atomic E-state index is 0.138. The van der Waals surface area contributed by atoms with Crippen molar-refractivity contribution in [2.75, 3.05) is 20.3 Å². The van der Waals surface area contributed by atoms with Crippen LogP contribution in [0.1, 0.15) is 58.8 Å². The molecular formula is C15H29NO3. The summed E-state index contributed by atoms with van der Waals surface area (Å²) in [7, 11) is 1.47. The molecule has 1 fully saturated rings. The summed E-state index contributed by atoms with van der Waals surface area (Å²) in [5.74, 6) is -0.138. The molecule has 0 aromatic carbocycles. The number of hydrogen-bond acceptors (Lipinski definition) is 4. The molecule has 0 spiro atoms. The van der Waals surface area contributed by atoms with Gasteiger partial charge >= 0.3 is 5.97 Å². The zero-order valence-corrected chi connectivity index (χ0v) is 12.7. The van der Waals surface area contributed by atoms with E-state index in [9.17, 15) is 4.79 Å². The maximum absolute atomic E-state index is 12.0. The second-order valence-electron chi connectivity index (χ2n) is 5.44. The van der Waals surface area contributed by atoms with Crippen molar-refractivity contribution in [1.29, 1.82) is 0 Å². The third-order valence-electron chi connectivity index (χ3n) is 3.86. The molecular weight excluding hydrogens is 242 g/mol. The number of carbonyl (C=O) groups is 1. The Kier molecular flexibility index (Phi) is 7.39. The highest BCUT2D eigenvalue weighted by Crippen LogP contribution is 2.33. The smallest absolute Gasteiger partial charge is 0.326 e. The first-order valence-electron chi connectivity index (χ1n) is 7.63. The molecule has 1 aliphatic carbocycles. The van der Waals surface area contributed by atoms with Crippen LogP contribution >= 0.6 is 0 Å². The van der Waals surface area contributed by atoms with Gasteiger partial charge in [0, 0.05) is 13.0 Å². The van der Waals surface area contributed by atoms with Crippen LogP contribution in [0, 0.1) is 0 Å². The Morgan fingerprint density at radius 1 is 1.32 bits per heavy atom. The molecule has 2 unspecified atom stereocenters. The van der Waals surface area contributed by atoms with Crippen LogP contribution in [0.4, 0.5) is 0 Å². The molecule has 0 aromatic heterocycles. The van der Waals surface area contributed by atoms with E-state index in [1.165, 1.54) is 20.0 Å². The van der Waals surface area contributed by atoms with Crippen molar-refractivity contribution >= 4 is 5.97 Å². The number of hydrogen-bond donors (Lipinski definition) is 1. The van der Waals surface area contributed by atoms with Crippen molar-refractivity contribution in [3.05, 3.63) is 0 Å². The third kappa shape index (κ3) is 4.77. The molecule has 0 aromatic rings. The molecule has 19 heavy (non-hydrogen) atoms. The van der Waals surface area contributed by atoms with Gasteiger partial charge in [-0.05, 0) is 32.2 Å². The first kappa shape index (κ1) is 16.4. The molecule has 1 N–H and O–H groups in total. The highest BCUT2D eigenvalue weighted by Gasteiger charge is 2.46. The summed E-state index contributed by atoms with van der Waals surface area (Å²) in [5.41, 5.74) is -0.514. The summed E-state index contributed by atoms with van der Waals surface area (Å²) in [5, 5.41) is 3.37. The SMILES string of the molecule is CCCCCOC1CCC(NCCC)(C(=O)OC)C1. The standard InChI is InChI=1S/C15H29NO3/c1-4-6-7-11-19-13-8-9-15(12-13,14(17)18-3)16-10-5-2/h13,16H,4-12H2,1-3H3. The lowest BCUT2D eigenvalue weighted by Gasteiger charge is -2.27. The van der Waals surface area contributed by atoms with E-state index in [0.717, 1.165) is 45.3 Å². The second kappa shape index (κ2) is 8.54. The molecule has 0 saturated heterocycles. The number of ether oxygens (including phenoxy) is 2. The van der Waals surface area contributed by atoms with E-state index in [2.05, 4.69) is 19.2 Å². The largest absolute Gasteiger partial charge is 0.468 e. The molecule has 0 bridgehead atoms. The monoisotopic (exact) mass is 271 g/mol. The van der Waals surface area contributed by atoms with Crippen LogP contribution < -0.4 is 5.32 Å². The lowest BCUT2D eigenvalue weighted by atomic mass is 9.97. The van der Waals surface area contributed by atoms with Crippen LogP contribution in [-0.2, 0) is 14.3 Å². The van der Waals surface area contributed by atoms with Crippen LogP contribution in [-0.4, -0.2) is 37.9 Å². The third-order valence-corrected chi connectivity index (χ3v) is 3.86. The van der Waals surface area contributed by atoms with E-state index in [4.69, 9.17) is 9.47 Å². The van der Waals surface area contributed by atoms with Crippen molar-refractivity contribution in [2.24, 2.45) is 0 Å². The Morgan fingerprint density at radius 3 is 2.74 bits per heavy atom. The lowest BCUT2D eigenvalue weighted by Crippen LogP contribution is -2.51. The fourth-order valence-electron chi connectivity index (χ4n) is 2.72. The Morgan fingerprint density at radius 2 is 2.11 bits per heavy atom. The molecule has 1 aliphatic rings. The van der Waals surface area contributed by atoms with Crippen LogP contribution in [0.15, 0.2) is 0 Å². The van der Waals surface area contributed by atoms with E-state index in [1.807, 2.05) is 0 Å². The molecule has 0 heterocycles. The zero-order chi connectivity index (χ0) is 14.1. The number of carbonyl (C=O) groups excluding carboxylic acids is 1. The van der Waals surface area contributed by atoms with Gasteiger partial charge in [0.25, 0.3) is 0 Å². The highest BCUT2D eigenvalue weighted by atomic mass is 16.5. The minimum Gasteiger partial charge on any atom is -0.468 e. The van der Waals surface area contributed by atoms with Gasteiger partial charge in [0.05, 0.1) is 13.2 Å². The number of unbranched alkanes of at least 4 members (excludes halogenated alkanes) is 2. The van der Waals surface area contributed by atoms with E-state index in [0.29, 0.717) is 0 Å². The summed E-state index contributed by atoms with van der Waals surface area (Å²) >= 11 is 0. The van der Waals surface area contributed by atoms with Gasteiger partial charge in [-0.25, -0.2) is 0 Å². The highest BCUT2D eigenvalue weighted by molar-refractivity contribution is 5.81. The average Bonchev–Trinajstić information content (AvgIpc) is 2.85. The van der Waals surface area contributed by atoms with Gasteiger partial charge < -0.3 is 14.8 Å². The molecule has 2 atom stereocenters. The Labute approximate surface area is 117 Å². The van der Waals surface area contributed by atoms with E-state index in [-0.39, 0.29) is 12.1 Å². The van der Waals surface area contributed by atoms with Crippen LogP contribution in [0.2, 0.25) is 0 Å². The minimum atomic E-state index is -0.514. The van der Waals surface area contributed by atoms with Gasteiger partial charge in [0.15, 0.2) is 0 Å². The molecule has 0 aliphatic heterocycles. The summed E-state index contributed by atoms with van der Waals surface area (Å²) in [4.78, 5) is 12.0. The quantitative estimate of drug-likeness (QED) is 0.517. The Hall–Kier alpha value is -0.610. The Balaban J connectivity index is 2.44. The van der Waals surface area contributed by atoms with E-state index in [1.54, 1.807) is 0 Å². The van der Waals surface area contributed by atoms with Crippen molar-refractivity contribution in [2.45, 2.75) is 70.4 Å². The molecule has 112 valence electrons. The average molecular weight is 271 g/mol. The van der Waals surface area contributed by atoms with Gasteiger partial charge in [0.1, 0.15) is 5.54 Å². The normalized spacial score (nSPS) is 26.6. The van der Waals surface area contributed by atoms with Crippen molar-refractivity contribution in [3.63, 3.8) is 0 Å². The molecule has 4 nitrogen and oxygen atoms in total. The van der Waals surface area contributed by atoms with Crippen molar-refractivity contribution < 1.29 is 14.3 Å². The summed E-state index contributed by atoms with van der Waals surface area (Å²) < 4.78 is 10.9. The lowest BCUT2D eigenvalue weighted by molar-refractivity contribution is -0.148. The number of rotatable bonds is 9. The fourth-order valence-corrected chi connectivity index (χ4v) is 2.72. The number of methoxy groups -OCH3 is 1. The summed E-state index contributed by atoms with van der Waals surface area (Å²) in [6, 6.07) is 0. The first-order valence-corrected chi connectivity index (χ1v) is 7.63. The zero-order valence-electron chi connectivity index (χ0n) is 12.7. The van der Waals surface area contributed by atoms with Crippen molar-refractivity contribution in [3.8, 4) is 0 Å². The predicted octanol–water partition coefficient (Wildman–Crippen LogP) is 2.66. The van der Waals surface area contributed by atoms with Gasteiger partial charge in [-0.2, -0.15) is 0 Å². The van der Waals surface area contributed by atoms with Gasteiger partial charge in [0.2, 0.25) is 0 Å². The van der Waals surface area contributed by atoms with Gasteiger partial charge in [-0.3, -0.25) is 4.79 Å². The maximum atomic E-state index is 12.0. The van der Waals surface area contributed by atoms with Crippen LogP contribution in [0.5, 0.6) is 0 Å². The van der Waals surface area contributed by atoms with Gasteiger partial charge in [-0.15, -0.1) is 0 Å².